The third kappa shape index (κ3) is 3.31. The number of imide groups is 1. The average molecular weight is 264 g/mol. The molecule has 1 aliphatic heterocycles. The van der Waals surface area contributed by atoms with Gasteiger partial charge < -0.3 is 15.4 Å². The van der Waals surface area contributed by atoms with E-state index in [-0.39, 0.29) is 26.2 Å². The van der Waals surface area contributed by atoms with E-state index in [2.05, 4.69) is 4.74 Å². The Kier molecular flexibility index (Phi) is 4.27. The van der Waals surface area contributed by atoms with Crippen molar-refractivity contribution in [2.75, 3.05) is 26.2 Å². The summed E-state index contributed by atoms with van der Waals surface area (Å²) in [5.41, 5.74) is 4.73. The molecule has 1 fully saturated rings. The van der Waals surface area contributed by atoms with Crippen LogP contribution in [0.3, 0.4) is 0 Å². The van der Waals surface area contributed by atoms with Crippen LogP contribution < -0.4 is 5.73 Å². The Hall–Kier alpha value is -1.83. The first-order chi connectivity index (χ1) is 7.93. The van der Waals surface area contributed by atoms with E-state index in [9.17, 15) is 19.2 Å². The normalized spacial score (nSPS) is 16.1. The zero-order chi connectivity index (χ0) is 13.0. The Balaban J connectivity index is 2.51. The van der Waals surface area contributed by atoms with E-state index in [1.807, 2.05) is 0 Å². The molecule has 4 amide bonds. The molecule has 0 aromatic heterocycles. The highest BCUT2D eigenvalue weighted by Gasteiger charge is 2.35. The molecule has 17 heavy (non-hydrogen) atoms. The van der Waals surface area contributed by atoms with Crippen LogP contribution in [0.1, 0.15) is 0 Å². The Bertz CT molecular complexity index is 370. The molecule has 0 aromatic rings. The first kappa shape index (κ1) is 13.2. The highest BCUT2D eigenvalue weighted by molar-refractivity contribution is 6.65. The number of ether oxygens (including phenoxy) is 1. The van der Waals surface area contributed by atoms with Crippen molar-refractivity contribution in [1.82, 2.24) is 9.80 Å². The van der Waals surface area contributed by atoms with Gasteiger partial charge in [0.05, 0.1) is 6.54 Å². The largest absolute Gasteiger partial charge is 0.448 e. The van der Waals surface area contributed by atoms with Gasteiger partial charge in [-0.2, -0.15) is 0 Å². The van der Waals surface area contributed by atoms with Gasteiger partial charge in [-0.05, 0) is 11.6 Å². The van der Waals surface area contributed by atoms with Gasteiger partial charge in [-0.1, -0.05) is 0 Å². The lowest BCUT2D eigenvalue weighted by Crippen LogP contribution is -2.55. The van der Waals surface area contributed by atoms with Gasteiger partial charge in [-0.25, -0.2) is 4.79 Å². The highest BCUT2D eigenvalue weighted by atomic mass is 35.5. The summed E-state index contributed by atoms with van der Waals surface area (Å²) < 4.78 is 4.43. The molecule has 8 nitrogen and oxygen atoms in total. The summed E-state index contributed by atoms with van der Waals surface area (Å²) >= 11 is 5.12. The molecular weight excluding hydrogens is 254 g/mol. The number of nitrogens with two attached hydrogens (primary N) is 1. The van der Waals surface area contributed by atoms with E-state index in [0.29, 0.717) is 4.90 Å². The fraction of sp³-hybridized carbons (Fsp3) is 0.500. The summed E-state index contributed by atoms with van der Waals surface area (Å²) in [6, 6.07) is 0. The fourth-order valence-corrected chi connectivity index (χ4v) is 1.47. The fourth-order valence-electron chi connectivity index (χ4n) is 1.31. The number of amides is 4. The van der Waals surface area contributed by atoms with Crippen molar-refractivity contribution in [2.45, 2.75) is 0 Å². The lowest BCUT2D eigenvalue weighted by Gasteiger charge is -2.30. The van der Waals surface area contributed by atoms with Crippen LogP contribution in [0.15, 0.2) is 0 Å². The van der Waals surface area contributed by atoms with Crippen molar-refractivity contribution >= 4 is 34.9 Å². The van der Waals surface area contributed by atoms with Crippen molar-refractivity contribution in [3.05, 3.63) is 0 Å². The minimum absolute atomic E-state index is 0.0173. The Morgan fingerprint density at radius 3 is 2.47 bits per heavy atom. The first-order valence-electron chi connectivity index (χ1n) is 4.66. The minimum atomic E-state index is -0.990. The molecular formula is C8H10ClN3O5. The number of hydrogen-bond donors (Lipinski definition) is 1. The lowest BCUT2D eigenvalue weighted by molar-refractivity contribution is -0.153. The van der Waals surface area contributed by atoms with Gasteiger partial charge in [-0.3, -0.25) is 19.3 Å². The predicted molar refractivity (Wildman–Crippen MR) is 55.1 cm³/mol. The Morgan fingerprint density at radius 1 is 1.29 bits per heavy atom. The van der Waals surface area contributed by atoms with E-state index in [0.717, 1.165) is 4.90 Å². The molecule has 0 spiro atoms. The summed E-state index contributed by atoms with van der Waals surface area (Å²) in [5.74, 6) is -1.85. The maximum Gasteiger partial charge on any atom is 0.404 e. The number of piperazine rings is 1. The molecule has 2 N–H and O–H groups in total. The Labute approximate surface area is 101 Å². The van der Waals surface area contributed by atoms with Crippen molar-refractivity contribution in [3.63, 3.8) is 0 Å². The molecule has 0 aliphatic carbocycles. The van der Waals surface area contributed by atoms with Gasteiger partial charge in [0.2, 0.25) is 0 Å². The number of nitrogens with zero attached hydrogens (tertiary/aromatic N) is 2. The molecule has 1 rings (SSSR count). The van der Waals surface area contributed by atoms with E-state index < -0.39 is 23.3 Å². The van der Waals surface area contributed by atoms with Crippen LogP contribution >= 0.6 is 11.6 Å². The predicted octanol–water partition coefficient (Wildman–Crippen LogP) is -0.889. The van der Waals surface area contributed by atoms with E-state index in [4.69, 9.17) is 17.3 Å². The summed E-state index contributed by atoms with van der Waals surface area (Å²) in [5, 5.41) is -0.989. The molecule has 0 atom stereocenters. The minimum Gasteiger partial charge on any atom is -0.448 e. The zero-order valence-corrected chi connectivity index (χ0v) is 9.48. The third-order valence-corrected chi connectivity index (χ3v) is 2.33. The molecule has 0 aromatic carbocycles. The average Bonchev–Trinajstić information content (AvgIpc) is 2.23. The van der Waals surface area contributed by atoms with Gasteiger partial charge in [0.15, 0.2) is 0 Å². The number of primary amides is 1. The second-order valence-electron chi connectivity index (χ2n) is 3.17. The number of rotatable bonds is 3. The van der Waals surface area contributed by atoms with Gasteiger partial charge in [-0.15, -0.1) is 0 Å². The number of hydrogen-bond acceptors (Lipinski definition) is 5. The van der Waals surface area contributed by atoms with Gasteiger partial charge in [0.1, 0.15) is 6.61 Å². The van der Waals surface area contributed by atoms with Crippen LogP contribution in [0.25, 0.3) is 0 Å². The molecule has 9 heteroatoms. The summed E-state index contributed by atoms with van der Waals surface area (Å²) in [6.07, 6.45) is -0.960. The summed E-state index contributed by atoms with van der Waals surface area (Å²) in [7, 11) is 0. The summed E-state index contributed by atoms with van der Waals surface area (Å²) in [6.45, 7) is 0.0929. The highest BCUT2D eigenvalue weighted by Crippen LogP contribution is 2.07. The van der Waals surface area contributed by atoms with Crippen LogP contribution in [-0.4, -0.2) is 59.3 Å². The summed E-state index contributed by atoms with van der Waals surface area (Å²) in [4.78, 5) is 45.7. The Morgan fingerprint density at radius 2 is 1.94 bits per heavy atom. The van der Waals surface area contributed by atoms with Crippen LogP contribution in [0.4, 0.5) is 9.59 Å². The monoisotopic (exact) mass is 263 g/mol. The van der Waals surface area contributed by atoms with E-state index >= 15 is 0 Å². The van der Waals surface area contributed by atoms with Crippen LogP contribution in [-0.2, 0) is 14.3 Å². The molecule has 1 aliphatic rings. The number of carbonyl (C=O) groups is 4. The van der Waals surface area contributed by atoms with Gasteiger partial charge >= 0.3 is 23.3 Å². The smallest absolute Gasteiger partial charge is 0.404 e. The molecule has 94 valence electrons. The zero-order valence-electron chi connectivity index (χ0n) is 8.72. The molecule has 1 saturated heterocycles. The van der Waals surface area contributed by atoms with Crippen molar-refractivity contribution in [2.24, 2.45) is 5.73 Å². The number of halogens is 1. The van der Waals surface area contributed by atoms with Crippen molar-refractivity contribution in [3.8, 4) is 0 Å². The SMILES string of the molecule is NC(=O)OCCN1CCN(C(=O)Cl)C(=O)C1=O. The molecule has 1 heterocycles. The standard InChI is InChI=1S/C8H10ClN3O5/c9-7(15)12-2-1-11(5(13)6(12)14)3-4-17-8(10)16/h1-4H2,(H2,10,16). The third-order valence-electron chi connectivity index (χ3n) is 2.13. The molecule has 0 unspecified atom stereocenters. The maximum atomic E-state index is 11.5. The quantitative estimate of drug-likeness (QED) is 0.403. The van der Waals surface area contributed by atoms with Gasteiger partial charge in [0, 0.05) is 13.1 Å². The van der Waals surface area contributed by atoms with Crippen LogP contribution in [0.2, 0.25) is 0 Å². The topological polar surface area (TPSA) is 110 Å². The molecule has 0 saturated carbocycles. The van der Waals surface area contributed by atoms with E-state index in [1.165, 1.54) is 0 Å². The number of carbonyl (C=O) groups excluding carboxylic acids is 4. The van der Waals surface area contributed by atoms with Crippen molar-refractivity contribution in [1.29, 1.82) is 0 Å². The van der Waals surface area contributed by atoms with Crippen molar-refractivity contribution < 1.29 is 23.9 Å². The maximum absolute atomic E-state index is 11.5. The first-order valence-corrected chi connectivity index (χ1v) is 5.03. The van der Waals surface area contributed by atoms with Crippen LogP contribution in [0, 0.1) is 0 Å². The second kappa shape index (κ2) is 5.48. The molecule has 0 bridgehead atoms. The lowest BCUT2D eigenvalue weighted by atomic mass is 10.3. The molecule has 0 radical (unpaired) electrons. The second-order valence-corrected chi connectivity index (χ2v) is 3.49. The van der Waals surface area contributed by atoms with Gasteiger partial charge in [0.25, 0.3) is 0 Å². The van der Waals surface area contributed by atoms with E-state index in [1.54, 1.807) is 0 Å². The van der Waals surface area contributed by atoms with Crippen LogP contribution in [0.5, 0.6) is 0 Å².